The standard InChI is InChI=1S/C24H37NO4/c1-2-3-4-5-6-7-8-9-10-11-12-13-14-15-24-28-20-23(29-24)21-16-18-22(19-17-21)25(26)27/h14-19,23-24H,2-13,20H2,1H3/b15-14-. The molecule has 1 saturated heterocycles. The van der Waals surface area contributed by atoms with Crippen molar-refractivity contribution in [3.63, 3.8) is 0 Å². The summed E-state index contributed by atoms with van der Waals surface area (Å²) >= 11 is 0. The normalized spacial score (nSPS) is 19.2. The van der Waals surface area contributed by atoms with Gasteiger partial charge in [-0.25, -0.2) is 0 Å². The van der Waals surface area contributed by atoms with Gasteiger partial charge < -0.3 is 9.47 Å². The molecule has 0 N–H and O–H groups in total. The number of nitro groups is 1. The molecule has 0 amide bonds. The lowest BCUT2D eigenvalue weighted by Crippen LogP contribution is -2.04. The van der Waals surface area contributed by atoms with Crippen LogP contribution in [0.5, 0.6) is 0 Å². The van der Waals surface area contributed by atoms with Gasteiger partial charge in [0.05, 0.1) is 11.5 Å². The van der Waals surface area contributed by atoms with Gasteiger partial charge in [0, 0.05) is 12.1 Å². The van der Waals surface area contributed by atoms with Crippen LogP contribution in [0.2, 0.25) is 0 Å². The van der Waals surface area contributed by atoms with Gasteiger partial charge in [-0.05, 0) is 36.6 Å². The minimum atomic E-state index is -0.393. The van der Waals surface area contributed by atoms with Crippen LogP contribution in [0.15, 0.2) is 36.4 Å². The summed E-state index contributed by atoms with van der Waals surface area (Å²) in [6, 6.07) is 6.50. The number of unbranched alkanes of at least 4 members (excludes halogenated alkanes) is 11. The van der Waals surface area contributed by atoms with Gasteiger partial charge in [-0.15, -0.1) is 0 Å². The molecule has 5 heteroatoms. The zero-order chi connectivity index (χ0) is 20.7. The van der Waals surface area contributed by atoms with Crippen LogP contribution in [0.3, 0.4) is 0 Å². The summed E-state index contributed by atoms with van der Waals surface area (Å²) in [5.41, 5.74) is 1.01. The molecule has 1 heterocycles. The maximum absolute atomic E-state index is 10.7. The molecule has 162 valence electrons. The second kappa shape index (κ2) is 14.3. The fraction of sp³-hybridized carbons (Fsp3) is 0.667. The average Bonchev–Trinajstić information content (AvgIpc) is 3.20. The second-order valence-corrected chi connectivity index (χ2v) is 7.93. The fourth-order valence-electron chi connectivity index (χ4n) is 3.64. The molecule has 5 nitrogen and oxygen atoms in total. The number of nitrogens with zero attached hydrogens (tertiary/aromatic N) is 1. The third kappa shape index (κ3) is 9.55. The minimum absolute atomic E-state index is 0.0936. The van der Waals surface area contributed by atoms with Gasteiger partial charge in [-0.2, -0.15) is 0 Å². The molecule has 0 bridgehead atoms. The van der Waals surface area contributed by atoms with Crippen molar-refractivity contribution >= 4 is 5.69 Å². The Labute approximate surface area is 175 Å². The Bertz CT molecular complexity index is 599. The van der Waals surface area contributed by atoms with Crippen molar-refractivity contribution in [1.29, 1.82) is 0 Å². The summed E-state index contributed by atoms with van der Waals surface area (Å²) < 4.78 is 11.5. The number of ether oxygens (including phenoxy) is 2. The number of hydrogen-bond donors (Lipinski definition) is 0. The third-order valence-corrected chi connectivity index (χ3v) is 5.45. The Hall–Kier alpha value is -1.72. The van der Waals surface area contributed by atoms with Crippen LogP contribution in [0.1, 0.15) is 95.6 Å². The van der Waals surface area contributed by atoms with E-state index < -0.39 is 4.92 Å². The van der Waals surface area contributed by atoms with Crippen LogP contribution in [0.25, 0.3) is 0 Å². The molecule has 1 fully saturated rings. The quantitative estimate of drug-likeness (QED) is 0.134. The van der Waals surface area contributed by atoms with E-state index in [2.05, 4.69) is 13.0 Å². The molecule has 1 aromatic rings. The van der Waals surface area contributed by atoms with Gasteiger partial charge in [-0.3, -0.25) is 10.1 Å². The Kier molecular flexibility index (Phi) is 11.6. The van der Waals surface area contributed by atoms with E-state index in [9.17, 15) is 10.1 Å². The van der Waals surface area contributed by atoms with E-state index in [1.807, 2.05) is 6.08 Å². The van der Waals surface area contributed by atoms with Gasteiger partial charge in [0.15, 0.2) is 6.29 Å². The Balaban J connectivity index is 1.48. The smallest absolute Gasteiger partial charge is 0.269 e. The summed E-state index contributed by atoms with van der Waals surface area (Å²) in [4.78, 5) is 10.3. The van der Waals surface area contributed by atoms with E-state index in [-0.39, 0.29) is 18.1 Å². The molecular weight excluding hydrogens is 366 g/mol. The molecule has 0 saturated carbocycles. The molecule has 2 atom stereocenters. The number of benzene rings is 1. The molecule has 0 aliphatic carbocycles. The largest absolute Gasteiger partial charge is 0.346 e. The van der Waals surface area contributed by atoms with E-state index in [1.165, 1.54) is 82.8 Å². The van der Waals surface area contributed by atoms with Crippen LogP contribution in [-0.2, 0) is 9.47 Å². The van der Waals surface area contributed by atoms with Crippen LogP contribution in [-0.4, -0.2) is 17.8 Å². The first-order chi connectivity index (χ1) is 14.2. The summed E-state index contributed by atoms with van der Waals surface area (Å²) in [5, 5.41) is 10.7. The molecule has 29 heavy (non-hydrogen) atoms. The second-order valence-electron chi connectivity index (χ2n) is 7.93. The first-order valence-corrected chi connectivity index (χ1v) is 11.4. The molecule has 0 radical (unpaired) electrons. The van der Waals surface area contributed by atoms with Crippen molar-refractivity contribution in [2.75, 3.05) is 6.61 Å². The summed E-state index contributed by atoms with van der Waals surface area (Å²) in [6.45, 7) is 2.74. The monoisotopic (exact) mass is 403 g/mol. The lowest BCUT2D eigenvalue weighted by atomic mass is 10.1. The van der Waals surface area contributed by atoms with Crippen LogP contribution in [0, 0.1) is 10.1 Å². The number of rotatable bonds is 15. The number of nitro benzene ring substituents is 1. The highest BCUT2D eigenvalue weighted by atomic mass is 16.7. The zero-order valence-electron chi connectivity index (χ0n) is 17.9. The molecule has 0 spiro atoms. The predicted octanol–water partition coefficient (Wildman–Crippen LogP) is 7.27. The van der Waals surface area contributed by atoms with E-state index in [0.717, 1.165) is 12.0 Å². The van der Waals surface area contributed by atoms with Gasteiger partial charge in [0.25, 0.3) is 5.69 Å². The topological polar surface area (TPSA) is 61.6 Å². The number of allylic oxidation sites excluding steroid dienone is 1. The third-order valence-electron chi connectivity index (χ3n) is 5.45. The molecule has 2 rings (SSSR count). The van der Waals surface area contributed by atoms with E-state index >= 15 is 0 Å². The highest BCUT2D eigenvalue weighted by Crippen LogP contribution is 2.28. The van der Waals surface area contributed by atoms with E-state index in [0.29, 0.717) is 6.61 Å². The molecule has 1 aliphatic heterocycles. The first-order valence-electron chi connectivity index (χ1n) is 11.4. The maximum Gasteiger partial charge on any atom is 0.269 e. The zero-order valence-corrected chi connectivity index (χ0v) is 17.9. The molecule has 1 aliphatic rings. The maximum atomic E-state index is 10.7. The molecule has 2 unspecified atom stereocenters. The van der Waals surface area contributed by atoms with E-state index in [4.69, 9.17) is 9.47 Å². The first kappa shape index (κ1) is 23.6. The highest BCUT2D eigenvalue weighted by Gasteiger charge is 2.25. The summed E-state index contributed by atoms with van der Waals surface area (Å²) in [6.07, 6.45) is 19.7. The van der Waals surface area contributed by atoms with Gasteiger partial charge in [0.1, 0.15) is 6.10 Å². The molecular formula is C24H37NO4. The van der Waals surface area contributed by atoms with Crippen molar-refractivity contribution in [1.82, 2.24) is 0 Å². The Morgan fingerprint density at radius 2 is 1.55 bits per heavy atom. The number of hydrogen-bond acceptors (Lipinski definition) is 4. The lowest BCUT2D eigenvalue weighted by Gasteiger charge is -2.08. The van der Waals surface area contributed by atoms with Crippen molar-refractivity contribution in [3.8, 4) is 0 Å². The number of non-ortho nitro benzene ring substituents is 1. The van der Waals surface area contributed by atoms with E-state index in [1.54, 1.807) is 12.1 Å². The summed E-state index contributed by atoms with van der Waals surface area (Å²) in [7, 11) is 0. The fourth-order valence-corrected chi connectivity index (χ4v) is 3.64. The van der Waals surface area contributed by atoms with Crippen molar-refractivity contribution in [3.05, 3.63) is 52.1 Å². The van der Waals surface area contributed by atoms with Crippen molar-refractivity contribution < 1.29 is 14.4 Å². The van der Waals surface area contributed by atoms with Crippen LogP contribution < -0.4 is 0 Å². The van der Waals surface area contributed by atoms with Gasteiger partial charge >= 0.3 is 0 Å². The average molecular weight is 404 g/mol. The van der Waals surface area contributed by atoms with Gasteiger partial charge in [0.2, 0.25) is 0 Å². The SMILES string of the molecule is CCCCCCCCCCCCC/C=C\C1OCC(c2ccc([N+](=O)[O-])cc2)O1. The molecule has 0 aromatic heterocycles. The van der Waals surface area contributed by atoms with Crippen LogP contribution >= 0.6 is 0 Å². The highest BCUT2D eigenvalue weighted by molar-refractivity contribution is 5.34. The van der Waals surface area contributed by atoms with Crippen molar-refractivity contribution in [2.24, 2.45) is 0 Å². The molecule has 1 aromatic carbocycles. The minimum Gasteiger partial charge on any atom is -0.346 e. The van der Waals surface area contributed by atoms with Crippen LogP contribution in [0.4, 0.5) is 5.69 Å². The Morgan fingerprint density at radius 3 is 2.14 bits per heavy atom. The summed E-state index contributed by atoms with van der Waals surface area (Å²) in [5.74, 6) is 0. The Morgan fingerprint density at radius 1 is 0.966 bits per heavy atom. The lowest BCUT2D eigenvalue weighted by molar-refractivity contribution is -0.384. The van der Waals surface area contributed by atoms with Crippen molar-refractivity contribution in [2.45, 2.75) is 96.4 Å². The predicted molar refractivity (Wildman–Crippen MR) is 117 cm³/mol. The van der Waals surface area contributed by atoms with Gasteiger partial charge in [-0.1, -0.05) is 77.2 Å².